The third-order valence-corrected chi connectivity index (χ3v) is 4.11. The van der Waals surface area contributed by atoms with E-state index in [1.807, 2.05) is 12.4 Å². The quantitative estimate of drug-likeness (QED) is 0.863. The predicted octanol–water partition coefficient (Wildman–Crippen LogP) is 2.36. The number of aryl methyl sites for hydroxylation is 1. The van der Waals surface area contributed by atoms with Gasteiger partial charge in [0.1, 0.15) is 0 Å². The Labute approximate surface area is 110 Å². The van der Waals surface area contributed by atoms with E-state index in [4.69, 9.17) is 0 Å². The normalized spacial score (nSPS) is 23.3. The average molecular weight is 245 g/mol. The Kier molecular flexibility index (Phi) is 3.50. The minimum Gasteiger partial charge on any atom is -0.369 e. The predicted molar refractivity (Wildman–Crippen MR) is 74.9 cm³/mol. The molecule has 0 radical (unpaired) electrons. The van der Waals surface area contributed by atoms with Crippen LogP contribution < -0.4 is 10.2 Å². The van der Waals surface area contributed by atoms with E-state index in [0.29, 0.717) is 6.04 Å². The lowest BCUT2D eigenvalue weighted by atomic mass is 10.1. The number of hydrogen-bond acceptors (Lipinski definition) is 3. The van der Waals surface area contributed by atoms with Gasteiger partial charge in [-0.05, 0) is 56.7 Å². The molecule has 0 amide bonds. The van der Waals surface area contributed by atoms with Gasteiger partial charge in [-0.3, -0.25) is 4.98 Å². The Morgan fingerprint density at radius 3 is 2.89 bits per heavy atom. The first-order chi connectivity index (χ1) is 8.83. The van der Waals surface area contributed by atoms with Crippen molar-refractivity contribution in [1.82, 2.24) is 10.3 Å². The van der Waals surface area contributed by atoms with E-state index in [0.717, 1.165) is 12.5 Å². The zero-order valence-electron chi connectivity index (χ0n) is 11.2. The van der Waals surface area contributed by atoms with Gasteiger partial charge < -0.3 is 10.2 Å². The van der Waals surface area contributed by atoms with Gasteiger partial charge in [-0.2, -0.15) is 0 Å². The van der Waals surface area contributed by atoms with Crippen molar-refractivity contribution in [2.75, 3.05) is 24.5 Å². The van der Waals surface area contributed by atoms with Crippen LogP contribution in [0, 0.1) is 12.8 Å². The van der Waals surface area contributed by atoms with Gasteiger partial charge in [-0.1, -0.05) is 0 Å². The van der Waals surface area contributed by atoms with Crippen LogP contribution in [0.15, 0.2) is 18.5 Å². The molecular weight excluding hydrogens is 222 g/mol. The summed E-state index contributed by atoms with van der Waals surface area (Å²) in [7, 11) is 0. The molecule has 2 fully saturated rings. The van der Waals surface area contributed by atoms with Crippen molar-refractivity contribution >= 4 is 5.69 Å². The van der Waals surface area contributed by atoms with Crippen molar-refractivity contribution in [3.63, 3.8) is 0 Å². The molecule has 1 aromatic heterocycles. The molecule has 0 aromatic carbocycles. The fourth-order valence-electron chi connectivity index (χ4n) is 2.88. The van der Waals surface area contributed by atoms with E-state index in [2.05, 4.69) is 28.2 Å². The summed E-state index contributed by atoms with van der Waals surface area (Å²) in [6, 6.07) is 2.85. The van der Waals surface area contributed by atoms with Crippen molar-refractivity contribution in [2.45, 2.75) is 38.6 Å². The van der Waals surface area contributed by atoms with Crippen molar-refractivity contribution in [1.29, 1.82) is 0 Å². The number of hydrogen-bond donors (Lipinski definition) is 1. The fraction of sp³-hybridized carbons (Fsp3) is 0.667. The maximum atomic E-state index is 4.21. The Morgan fingerprint density at radius 1 is 1.33 bits per heavy atom. The first-order valence-corrected chi connectivity index (χ1v) is 7.22. The van der Waals surface area contributed by atoms with Crippen LogP contribution in [0.25, 0.3) is 0 Å². The number of aromatic nitrogens is 1. The van der Waals surface area contributed by atoms with Crippen LogP contribution in [0.2, 0.25) is 0 Å². The Morgan fingerprint density at radius 2 is 2.22 bits per heavy atom. The Balaban J connectivity index is 1.73. The van der Waals surface area contributed by atoms with E-state index < -0.39 is 0 Å². The van der Waals surface area contributed by atoms with E-state index in [-0.39, 0.29) is 0 Å². The molecule has 2 heterocycles. The van der Waals surface area contributed by atoms with Crippen molar-refractivity contribution < 1.29 is 0 Å². The zero-order chi connectivity index (χ0) is 12.4. The highest BCUT2D eigenvalue weighted by molar-refractivity contribution is 5.52. The standard InChI is InChI=1S/C15H23N3/c1-12-9-16-8-6-15(12)18(10-13-4-5-13)11-14-3-2-7-17-14/h6,8-9,13-14,17H,2-5,7,10-11H2,1H3. The molecule has 3 heteroatoms. The molecule has 1 saturated heterocycles. The lowest BCUT2D eigenvalue weighted by Gasteiger charge is -2.29. The smallest absolute Gasteiger partial charge is 0.0427 e. The minimum atomic E-state index is 0.677. The molecule has 0 bridgehead atoms. The van der Waals surface area contributed by atoms with Gasteiger partial charge in [0.15, 0.2) is 0 Å². The summed E-state index contributed by atoms with van der Waals surface area (Å²) in [5.41, 5.74) is 2.68. The van der Waals surface area contributed by atoms with Gasteiger partial charge in [0.2, 0.25) is 0 Å². The van der Waals surface area contributed by atoms with Gasteiger partial charge in [0, 0.05) is 37.2 Å². The number of rotatable bonds is 5. The van der Waals surface area contributed by atoms with Gasteiger partial charge in [0.05, 0.1) is 0 Å². The second kappa shape index (κ2) is 5.27. The van der Waals surface area contributed by atoms with Crippen LogP contribution in [0.5, 0.6) is 0 Å². The SMILES string of the molecule is Cc1cnccc1N(CC1CC1)CC1CCCN1. The lowest BCUT2D eigenvalue weighted by Crippen LogP contribution is -2.39. The van der Waals surface area contributed by atoms with E-state index >= 15 is 0 Å². The van der Waals surface area contributed by atoms with Crippen LogP contribution >= 0.6 is 0 Å². The molecule has 0 spiro atoms. The molecule has 1 aliphatic heterocycles. The third-order valence-electron chi connectivity index (χ3n) is 4.11. The molecule has 3 rings (SSSR count). The van der Waals surface area contributed by atoms with Crippen LogP contribution in [-0.4, -0.2) is 30.7 Å². The first-order valence-electron chi connectivity index (χ1n) is 7.22. The molecule has 98 valence electrons. The monoisotopic (exact) mass is 245 g/mol. The number of nitrogens with zero attached hydrogens (tertiary/aromatic N) is 2. The lowest BCUT2D eigenvalue weighted by molar-refractivity contribution is 0.569. The molecule has 3 nitrogen and oxygen atoms in total. The van der Waals surface area contributed by atoms with Crippen LogP contribution in [-0.2, 0) is 0 Å². The number of nitrogens with one attached hydrogen (secondary N) is 1. The summed E-state index contributed by atoms with van der Waals surface area (Å²) in [6.45, 7) is 5.74. The summed E-state index contributed by atoms with van der Waals surface area (Å²) in [6.07, 6.45) is 9.39. The highest BCUT2D eigenvalue weighted by Crippen LogP contribution is 2.32. The molecule has 1 N–H and O–H groups in total. The fourth-order valence-corrected chi connectivity index (χ4v) is 2.88. The van der Waals surface area contributed by atoms with Crippen LogP contribution in [0.3, 0.4) is 0 Å². The molecule has 1 atom stereocenters. The van der Waals surface area contributed by atoms with Crippen LogP contribution in [0.1, 0.15) is 31.2 Å². The first kappa shape index (κ1) is 12.0. The maximum Gasteiger partial charge on any atom is 0.0427 e. The summed E-state index contributed by atoms with van der Waals surface area (Å²) in [4.78, 5) is 6.79. The van der Waals surface area contributed by atoms with Crippen molar-refractivity contribution in [3.05, 3.63) is 24.0 Å². The van der Waals surface area contributed by atoms with Gasteiger partial charge in [-0.15, -0.1) is 0 Å². The minimum absolute atomic E-state index is 0.677. The number of pyridine rings is 1. The van der Waals surface area contributed by atoms with Crippen molar-refractivity contribution in [2.24, 2.45) is 5.92 Å². The molecule has 1 aliphatic carbocycles. The molecule has 2 aliphatic rings. The molecule has 18 heavy (non-hydrogen) atoms. The second-order valence-corrected chi connectivity index (χ2v) is 5.80. The van der Waals surface area contributed by atoms with E-state index in [1.165, 1.54) is 50.0 Å². The zero-order valence-corrected chi connectivity index (χ0v) is 11.2. The summed E-state index contributed by atoms with van der Waals surface area (Å²) >= 11 is 0. The highest BCUT2D eigenvalue weighted by atomic mass is 15.2. The topological polar surface area (TPSA) is 28.2 Å². The Bertz CT molecular complexity index is 394. The average Bonchev–Trinajstić information content (AvgIpc) is 3.03. The second-order valence-electron chi connectivity index (χ2n) is 5.80. The summed E-state index contributed by atoms with van der Waals surface area (Å²) in [5, 5.41) is 3.61. The number of anilines is 1. The van der Waals surface area contributed by atoms with E-state index in [1.54, 1.807) is 0 Å². The van der Waals surface area contributed by atoms with Gasteiger partial charge in [0.25, 0.3) is 0 Å². The Hall–Kier alpha value is -1.09. The van der Waals surface area contributed by atoms with Crippen molar-refractivity contribution in [3.8, 4) is 0 Å². The molecule has 1 unspecified atom stereocenters. The summed E-state index contributed by atoms with van der Waals surface area (Å²) in [5.74, 6) is 0.930. The largest absolute Gasteiger partial charge is 0.369 e. The van der Waals surface area contributed by atoms with Gasteiger partial charge in [-0.25, -0.2) is 0 Å². The maximum absolute atomic E-state index is 4.21. The third kappa shape index (κ3) is 2.83. The van der Waals surface area contributed by atoms with E-state index in [9.17, 15) is 0 Å². The molecule has 1 aromatic rings. The van der Waals surface area contributed by atoms with Crippen LogP contribution in [0.4, 0.5) is 5.69 Å². The molecular formula is C15H23N3. The van der Waals surface area contributed by atoms with Gasteiger partial charge >= 0.3 is 0 Å². The summed E-state index contributed by atoms with van der Waals surface area (Å²) < 4.78 is 0. The highest BCUT2D eigenvalue weighted by Gasteiger charge is 2.27. The molecule has 1 saturated carbocycles.